The highest BCUT2D eigenvalue weighted by Crippen LogP contribution is 2.42. The van der Waals surface area contributed by atoms with Gasteiger partial charge in [-0.05, 0) is 40.4 Å². The molecule has 1 aromatic heterocycles. The van der Waals surface area contributed by atoms with E-state index in [9.17, 15) is 4.79 Å². The molecule has 4 rings (SSSR count). The average molecular weight is 375 g/mol. The molecule has 3 heterocycles. The van der Waals surface area contributed by atoms with Gasteiger partial charge in [-0.15, -0.1) is 0 Å². The van der Waals surface area contributed by atoms with Gasteiger partial charge in [0.25, 0.3) is 0 Å². The van der Waals surface area contributed by atoms with E-state index in [1.165, 1.54) is 11.1 Å². The number of nitrogens with zero attached hydrogens (tertiary/aromatic N) is 2. The minimum Gasteiger partial charge on any atom is -0.339 e. The molecule has 3 atom stereocenters. The maximum atomic E-state index is 12.1. The Hall–Kier alpha value is -1.36. The predicted molar refractivity (Wildman–Crippen MR) is 103 cm³/mol. The van der Waals surface area contributed by atoms with Crippen molar-refractivity contribution in [3.8, 4) is 0 Å². The van der Waals surface area contributed by atoms with Crippen molar-refractivity contribution in [1.82, 2.24) is 9.80 Å². The van der Waals surface area contributed by atoms with Gasteiger partial charge in [0.1, 0.15) is 0 Å². The van der Waals surface area contributed by atoms with Crippen molar-refractivity contribution in [2.45, 2.75) is 31.8 Å². The van der Waals surface area contributed by atoms with Crippen LogP contribution in [0.25, 0.3) is 0 Å². The number of rotatable bonds is 3. The number of likely N-dealkylation sites (tertiary alicyclic amines) is 2. The second-order valence-corrected chi connectivity index (χ2v) is 8.37. The van der Waals surface area contributed by atoms with E-state index in [4.69, 9.17) is 11.6 Å². The van der Waals surface area contributed by atoms with Crippen molar-refractivity contribution in [2.24, 2.45) is 5.92 Å². The molecule has 0 bridgehead atoms. The molecule has 1 amide bonds. The molecule has 0 saturated carbocycles. The van der Waals surface area contributed by atoms with Crippen molar-refractivity contribution in [1.29, 1.82) is 0 Å². The van der Waals surface area contributed by atoms with Gasteiger partial charge in [0.05, 0.1) is 0 Å². The van der Waals surface area contributed by atoms with Crippen LogP contribution in [0.2, 0.25) is 5.02 Å². The number of piperidine rings is 1. The van der Waals surface area contributed by atoms with Crippen LogP contribution < -0.4 is 0 Å². The van der Waals surface area contributed by atoms with Gasteiger partial charge in [0.15, 0.2) is 0 Å². The molecule has 2 aromatic rings. The van der Waals surface area contributed by atoms with Gasteiger partial charge in [0, 0.05) is 56.0 Å². The SMILES string of the molecule is CC(=O)N1C[C@@H](c2ccsc2)[C@@H]2CN(Cc3ccccc3Cl)CC[C@@H]21. The summed E-state index contributed by atoms with van der Waals surface area (Å²) in [5.41, 5.74) is 2.58. The number of hydrogen-bond acceptors (Lipinski definition) is 3. The maximum Gasteiger partial charge on any atom is 0.219 e. The quantitative estimate of drug-likeness (QED) is 0.802. The van der Waals surface area contributed by atoms with Crippen molar-refractivity contribution < 1.29 is 4.79 Å². The lowest BCUT2D eigenvalue weighted by Gasteiger charge is -2.38. The van der Waals surface area contributed by atoms with Gasteiger partial charge in [0.2, 0.25) is 5.91 Å². The molecule has 0 radical (unpaired) electrons. The second-order valence-electron chi connectivity index (χ2n) is 7.18. The topological polar surface area (TPSA) is 23.6 Å². The summed E-state index contributed by atoms with van der Waals surface area (Å²) in [6, 6.07) is 10.7. The Bertz CT molecular complexity index is 748. The van der Waals surface area contributed by atoms with Gasteiger partial charge in [-0.3, -0.25) is 9.69 Å². The number of halogens is 1. The van der Waals surface area contributed by atoms with Crippen LogP contribution in [-0.4, -0.2) is 41.4 Å². The number of fused-ring (bicyclic) bond motifs is 1. The Labute approximate surface area is 158 Å². The molecule has 2 aliphatic heterocycles. The normalized spacial score (nSPS) is 26.6. The van der Waals surface area contributed by atoms with Crippen molar-refractivity contribution in [3.05, 3.63) is 57.2 Å². The minimum atomic E-state index is 0.215. The third kappa shape index (κ3) is 3.35. The molecule has 0 aliphatic carbocycles. The fraction of sp³-hybridized carbons (Fsp3) is 0.450. The summed E-state index contributed by atoms with van der Waals surface area (Å²) in [6.07, 6.45) is 1.05. The zero-order chi connectivity index (χ0) is 17.4. The molecule has 1 aromatic carbocycles. The lowest BCUT2D eigenvalue weighted by Crippen LogP contribution is -2.47. The van der Waals surface area contributed by atoms with E-state index in [0.717, 1.165) is 37.6 Å². The van der Waals surface area contributed by atoms with Gasteiger partial charge in [-0.2, -0.15) is 11.3 Å². The molecule has 2 saturated heterocycles. The first-order valence-corrected chi connectivity index (χ1v) is 10.2. The molecule has 25 heavy (non-hydrogen) atoms. The van der Waals surface area contributed by atoms with Crippen LogP contribution in [0, 0.1) is 5.92 Å². The Morgan fingerprint density at radius 1 is 1.28 bits per heavy atom. The standard InChI is InChI=1S/C20H23ClN2OS/c1-14(24)23-12-17(16-7-9-25-13-16)18-11-22(8-6-20(18)23)10-15-4-2-3-5-19(15)21/h2-5,7,9,13,17-18,20H,6,8,10-12H2,1H3/t17-,18-,20-/m0/s1. The number of carbonyl (C=O) groups is 1. The first kappa shape index (κ1) is 17.1. The largest absolute Gasteiger partial charge is 0.339 e. The van der Waals surface area contributed by atoms with Crippen LogP contribution in [0.1, 0.15) is 30.4 Å². The van der Waals surface area contributed by atoms with Crippen molar-refractivity contribution in [3.63, 3.8) is 0 Å². The van der Waals surface area contributed by atoms with Crippen LogP contribution in [0.15, 0.2) is 41.1 Å². The molecule has 3 nitrogen and oxygen atoms in total. The third-order valence-corrected chi connectivity index (χ3v) is 6.81. The lowest BCUT2D eigenvalue weighted by atomic mass is 9.82. The molecule has 132 valence electrons. The highest BCUT2D eigenvalue weighted by Gasteiger charge is 2.46. The van der Waals surface area contributed by atoms with E-state index in [-0.39, 0.29) is 5.91 Å². The van der Waals surface area contributed by atoms with E-state index in [1.54, 1.807) is 18.3 Å². The lowest BCUT2D eigenvalue weighted by molar-refractivity contribution is -0.130. The molecule has 0 spiro atoms. The molecule has 0 unspecified atom stereocenters. The molecular formula is C20H23ClN2OS. The summed E-state index contributed by atoms with van der Waals surface area (Å²) in [7, 11) is 0. The molecular weight excluding hydrogens is 352 g/mol. The Balaban J connectivity index is 1.54. The Morgan fingerprint density at radius 2 is 2.12 bits per heavy atom. The highest BCUT2D eigenvalue weighted by atomic mass is 35.5. The van der Waals surface area contributed by atoms with Crippen molar-refractivity contribution in [2.75, 3.05) is 19.6 Å². The minimum absolute atomic E-state index is 0.215. The number of carbonyl (C=O) groups excluding carboxylic acids is 1. The highest BCUT2D eigenvalue weighted by molar-refractivity contribution is 7.08. The van der Waals surface area contributed by atoms with Gasteiger partial charge < -0.3 is 4.90 Å². The summed E-state index contributed by atoms with van der Waals surface area (Å²) in [6.45, 7) is 5.51. The van der Waals surface area contributed by atoms with Crippen LogP contribution in [0.3, 0.4) is 0 Å². The van der Waals surface area contributed by atoms with Crippen LogP contribution in [-0.2, 0) is 11.3 Å². The van der Waals surface area contributed by atoms with Gasteiger partial charge >= 0.3 is 0 Å². The molecule has 2 fully saturated rings. The second kappa shape index (κ2) is 7.10. The zero-order valence-electron chi connectivity index (χ0n) is 14.4. The van der Waals surface area contributed by atoms with Crippen LogP contribution >= 0.6 is 22.9 Å². The molecule has 0 N–H and O–H groups in total. The maximum absolute atomic E-state index is 12.1. The first-order valence-electron chi connectivity index (χ1n) is 8.88. The van der Waals surface area contributed by atoms with Gasteiger partial charge in [-0.1, -0.05) is 29.8 Å². The fourth-order valence-electron chi connectivity index (χ4n) is 4.52. The first-order chi connectivity index (χ1) is 12.1. The summed E-state index contributed by atoms with van der Waals surface area (Å²) < 4.78 is 0. The number of amides is 1. The Kier molecular flexibility index (Phi) is 4.85. The summed E-state index contributed by atoms with van der Waals surface area (Å²) in [5.74, 6) is 1.18. The molecule has 5 heteroatoms. The number of thiophene rings is 1. The number of benzene rings is 1. The van der Waals surface area contributed by atoms with Crippen LogP contribution in [0.4, 0.5) is 0 Å². The summed E-state index contributed by atoms with van der Waals surface area (Å²) in [4.78, 5) is 16.7. The van der Waals surface area contributed by atoms with Crippen LogP contribution in [0.5, 0.6) is 0 Å². The van der Waals surface area contributed by atoms with E-state index in [2.05, 4.69) is 38.8 Å². The fourth-order valence-corrected chi connectivity index (χ4v) is 5.44. The van der Waals surface area contributed by atoms with E-state index < -0.39 is 0 Å². The Morgan fingerprint density at radius 3 is 2.84 bits per heavy atom. The van der Waals surface area contributed by atoms with E-state index in [0.29, 0.717) is 17.9 Å². The summed E-state index contributed by atoms with van der Waals surface area (Å²) in [5, 5.41) is 5.24. The summed E-state index contributed by atoms with van der Waals surface area (Å²) >= 11 is 8.10. The average Bonchev–Trinajstić information content (AvgIpc) is 3.24. The molecule has 2 aliphatic rings. The van der Waals surface area contributed by atoms with E-state index >= 15 is 0 Å². The monoisotopic (exact) mass is 374 g/mol. The number of hydrogen-bond donors (Lipinski definition) is 0. The van der Waals surface area contributed by atoms with E-state index in [1.807, 2.05) is 12.1 Å². The van der Waals surface area contributed by atoms with Gasteiger partial charge in [-0.25, -0.2) is 0 Å². The third-order valence-electron chi connectivity index (χ3n) is 5.74. The zero-order valence-corrected chi connectivity index (χ0v) is 16.0. The smallest absolute Gasteiger partial charge is 0.219 e. The predicted octanol–water partition coefficient (Wildman–Crippen LogP) is 4.24. The van der Waals surface area contributed by atoms with Crippen molar-refractivity contribution >= 4 is 28.8 Å².